The normalized spacial score (nSPS) is 23.8. The van der Waals surface area contributed by atoms with Gasteiger partial charge in [-0.05, 0) is 18.9 Å². The number of hydrogen-bond acceptors (Lipinski definition) is 8. The van der Waals surface area contributed by atoms with E-state index in [9.17, 15) is 4.79 Å². The Balaban J connectivity index is 1.58. The summed E-state index contributed by atoms with van der Waals surface area (Å²) in [6, 6.07) is 1.79. The lowest BCUT2D eigenvalue weighted by Gasteiger charge is -2.32. The van der Waals surface area contributed by atoms with Crippen molar-refractivity contribution in [3.8, 4) is 0 Å². The Morgan fingerprint density at radius 2 is 2.05 bits per heavy atom. The predicted molar refractivity (Wildman–Crippen MR) is 71.4 cm³/mol. The van der Waals surface area contributed by atoms with Crippen molar-refractivity contribution >= 4 is 11.9 Å². The summed E-state index contributed by atoms with van der Waals surface area (Å²) in [4.78, 5) is 22.7. The molecule has 5 N–H and O–H groups in total. The van der Waals surface area contributed by atoms with E-state index in [0.29, 0.717) is 12.5 Å². The van der Waals surface area contributed by atoms with Crippen molar-refractivity contribution in [2.45, 2.75) is 19.1 Å². The Hall–Kier alpha value is -1.81. The fourth-order valence-corrected chi connectivity index (χ4v) is 2.41. The average Bonchev–Trinajstić information content (AvgIpc) is 3.01. The maximum atomic E-state index is 12.2. The molecule has 0 aromatic carbocycles. The van der Waals surface area contributed by atoms with Gasteiger partial charge in [-0.2, -0.15) is 11.1 Å². The van der Waals surface area contributed by atoms with E-state index in [1.54, 1.807) is 18.5 Å². The van der Waals surface area contributed by atoms with Crippen LogP contribution in [0.2, 0.25) is 0 Å². The molecule has 1 aromatic rings. The number of hydrogen-bond donors (Lipinski definition) is 5. The third-order valence-electron chi connectivity index (χ3n) is 3.41. The summed E-state index contributed by atoms with van der Waals surface area (Å²) in [6.07, 6.45) is 4.96. The van der Waals surface area contributed by atoms with Crippen LogP contribution in [0.1, 0.15) is 12.8 Å². The van der Waals surface area contributed by atoms with Gasteiger partial charge in [-0.1, -0.05) is 0 Å². The maximum absolute atomic E-state index is 12.2. The minimum absolute atomic E-state index is 0.0149. The number of rotatable bonds is 3. The van der Waals surface area contributed by atoms with Crippen molar-refractivity contribution in [3.05, 3.63) is 18.5 Å². The highest BCUT2D eigenvalue weighted by molar-refractivity contribution is 5.79. The van der Waals surface area contributed by atoms with E-state index >= 15 is 0 Å². The molecule has 1 aromatic heterocycles. The fourth-order valence-electron chi connectivity index (χ4n) is 2.41. The second kappa shape index (κ2) is 6.09. The molecule has 1 amide bonds. The zero-order chi connectivity index (χ0) is 13.8. The van der Waals surface area contributed by atoms with Crippen molar-refractivity contribution in [2.24, 2.45) is 5.92 Å². The monoisotopic (exact) mass is 278 g/mol. The first-order valence-electron chi connectivity index (χ1n) is 6.66. The SMILES string of the molecule is O=C(NC1NNNN1)C1CCCN(c2ncccn2)C1. The van der Waals surface area contributed by atoms with Crippen LogP contribution in [0, 0.1) is 5.92 Å². The summed E-state index contributed by atoms with van der Waals surface area (Å²) in [5, 5.41) is 2.87. The van der Waals surface area contributed by atoms with Crippen LogP contribution in [0.3, 0.4) is 0 Å². The molecular formula is C11H18N8O. The largest absolute Gasteiger partial charge is 0.340 e. The van der Waals surface area contributed by atoms with Crippen molar-refractivity contribution in [1.82, 2.24) is 37.2 Å². The predicted octanol–water partition coefficient (Wildman–Crippen LogP) is -1.79. The number of nitrogens with one attached hydrogen (secondary N) is 5. The Kier molecular flexibility index (Phi) is 4.02. The molecule has 108 valence electrons. The first kappa shape index (κ1) is 13.2. The van der Waals surface area contributed by atoms with Gasteiger partial charge in [-0.3, -0.25) is 4.79 Å². The quantitative estimate of drug-likeness (QED) is 0.441. The average molecular weight is 278 g/mol. The standard InChI is InChI=1S/C11H18N8O/c20-9(14-10-15-17-18-16-10)8-3-1-6-19(7-8)11-12-4-2-5-13-11/h2,4-5,8,10,15-18H,1,3,6-7H2,(H,14,20). The number of aromatic nitrogens is 2. The molecule has 2 saturated heterocycles. The van der Waals surface area contributed by atoms with Gasteiger partial charge in [-0.25, -0.2) is 20.8 Å². The lowest BCUT2D eigenvalue weighted by molar-refractivity contribution is -0.126. The summed E-state index contributed by atoms with van der Waals surface area (Å²) in [7, 11) is 0. The molecule has 2 fully saturated rings. The number of carbonyl (C=O) groups excluding carboxylic acids is 1. The number of carbonyl (C=O) groups is 1. The van der Waals surface area contributed by atoms with Crippen LogP contribution >= 0.6 is 0 Å². The summed E-state index contributed by atoms with van der Waals surface area (Å²) in [5.74, 6) is 0.642. The molecule has 0 aliphatic carbocycles. The number of piperidine rings is 1. The number of amides is 1. The van der Waals surface area contributed by atoms with Crippen LogP contribution in [-0.4, -0.2) is 35.3 Å². The molecule has 2 aliphatic rings. The second-order valence-electron chi connectivity index (χ2n) is 4.81. The lowest BCUT2D eigenvalue weighted by Crippen LogP contribution is -2.53. The first-order valence-corrected chi connectivity index (χ1v) is 6.66. The van der Waals surface area contributed by atoms with Gasteiger partial charge in [0.15, 0.2) is 6.29 Å². The molecule has 1 atom stereocenters. The molecule has 20 heavy (non-hydrogen) atoms. The van der Waals surface area contributed by atoms with Crippen molar-refractivity contribution in [1.29, 1.82) is 0 Å². The molecule has 3 rings (SSSR count). The summed E-state index contributed by atoms with van der Waals surface area (Å²) >= 11 is 0. The van der Waals surface area contributed by atoms with Crippen LogP contribution in [0.25, 0.3) is 0 Å². The molecule has 0 spiro atoms. The zero-order valence-electron chi connectivity index (χ0n) is 11.0. The molecule has 2 aliphatic heterocycles. The molecule has 0 saturated carbocycles. The van der Waals surface area contributed by atoms with Gasteiger partial charge in [-0.15, -0.1) is 0 Å². The summed E-state index contributed by atoms with van der Waals surface area (Å²) < 4.78 is 0. The van der Waals surface area contributed by atoms with Gasteiger partial charge in [0.1, 0.15) is 0 Å². The van der Waals surface area contributed by atoms with Crippen LogP contribution in [0.5, 0.6) is 0 Å². The molecule has 9 nitrogen and oxygen atoms in total. The molecule has 0 bridgehead atoms. The van der Waals surface area contributed by atoms with E-state index in [1.807, 2.05) is 0 Å². The molecule has 9 heteroatoms. The maximum Gasteiger partial charge on any atom is 0.227 e. The van der Waals surface area contributed by atoms with E-state index in [-0.39, 0.29) is 18.1 Å². The third-order valence-corrected chi connectivity index (χ3v) is 3.41. The number of nitrogens with zero attached hydrogens (tertiary/aromatic N) is 3. The molecular weight excluding hydrogens is 260 g/mol. The smallest absolute Gasteiger partial charge is 0.227 e. The minimum atomic E-state index is -0.314. The highest BCUT2D eigenvalue weighted by atomic mass is 16.2. The van der Waals surface area contributed by atoms with Gasteiger partial charge in [0.2, 0.25) is 11.9 Å². The van der Waals surface area contributed by atoms with Crippen LogP contribution in [-0.2, 0) is 4.79 Å². The van der Waals surface area contributed by atoms with E-state index < -0.39 is 0 Å². The first-order chi connectivity index (χ1) is 9.83. The summed E-state index contributed by atoms with van der Waals surface area (Å²) in [5.41, 5.74) is 11.0. The van der Waals surface area contributed by atoms with E-state index in [0.717, 1.165) is 19.4 Å². The van der Waals surface area contributed by atoms with Gasteiger partial charge in [0.25, 0.3) is 0 Å². The molecule has 1 unspecified atom stereocenters. The Bertz CT molecular complexity index is 449. The molecule has 0 radical (unpaired) electrons. The second-order valence-corrected chi connectivity index (χ2v) is 4.81. The topological polar surface area (TPSA) is 106 Å². The van der Waals surface area contributed by atoms with Crippen LogP contribution in [0.4, 0.5) is 5.95 Å². The molecule has 3 heterocycles. The van der Waals surface area contributed by atoms with Gasteiger partial charge < -0.3 is 10.2 Å². The summed E-state index contributed by atoms with van der Waals surface area (Å²) in [6.45, 7) is 1.53. The Morgan fingerprint density at radius 1 is 1.30 bits per heavy atom. The highest BCUT2D eigenvalue weighted by Gasteiger charge is 2.28. The third kappa shape index (κ3) is 3.02. The zero-order valence-corrected chi connectivity index (χ0v) is 11.0. The van der Waals surface area contributed by atoms with Crippen LogP contribution in [0.15, 0.2) is 18.5 Å². The van der Waals surface area contributed by atoms with Crippen molar-refractivity contribution in [2.75, 3.05) is 18.0 Å². The van der Waals surface area contributed by atoms with Crippen molar-refractivity contribution < 1.29 is 4.79 Å². The highest BCUT2D eigenvalue weighted by Crippen LogP contribution is 2.20. The van der Waals surface area contributed by atoms with E-state index in [2.05, 4.69) is 42.1 Å². The Labute approximate surface area is 116 Å². The van der Waals surface area contributed by atoms with Gasteiger partial charge in [0.05, 0.1) is 5.92 Å². The number of anilines is 1. The minimum Gasteiger partial charge on any atom is -0.340 e. The van der Waals surface area contributed by atoms with Crippen molar-refractivity contribution in [3.63, 3.8) is 0 Å². The lowest BCUT2D eigenvalue weighted by atomic mass is 9.97. The van der Waals surface area contributed by atoms with E-state index in [1.165, 1.54) is 0 Å². The van der Waals surface area contributed by atoms with Crippen LogP contribution < -0.4 is 32.1 Å². The van der Waals surface area contributed by atoms with E-state index in [4.69, 9.17) is 0 Å². The van der Waals surface area contributed by atoms with Gasteiger partial charge in [0, 0.05) is 25.5 Å². The number of hydrazine groups is 3. The fraction of sp³-hybridized carbons (Fsp3) is 0.545. The van der Waals surface area contributed by atoms with Gasteiger partial charge >= 0.3 is 0 Å². The Morgan fingerprint density at radius 3 is 2.80 bits per heavy atom.